The van der Waals surface area contributed by atoms with Gasteiger partial charge in [-0.3, -0.25) is 24.5 Å². The Morgan fingerprint density at radius 1 is 0.877 bits per heavy atom. The first-order chi connectivity index (χ1) is 27.2. The van der Waals surface area contributed by atoms with E-state index in [2.05, 4.69) is 10.6 Å². The average Bonchev–Trinajstić information content (AvgIpc) is 3.79. The maximum absolute atomic E-state index is 13.2. The molecule has 2 aliphatic rings. The summed E-state index contributed by atoms with van der Waals surface area (Å²) in [6.45, 7) is 9.39. The molecule has 1 heterocycles. The minimum atomic E-state index is -1.08. The number of carbonyl (C=O) groups is 5. The predicted molar refractivity (Wildman–Crippen MR) is 213 cm³/mol. The Morgan fingerprint density at radius 2 is 1.51 bits per heavy atom. The van der Waals surface area contributed by atoms with Crippen molar-refractivity contribution in [2.45, 2.75) is 122 Å². The molecule has 1 aliphatic heterocycles. The predicted octanol–water partition coefficient (Wildman–Crippen LogP) is 3.93. The Labute approximate surface area is 336 Å². The topological polar surface area (TPSA) is 221 Å². The Kier molecular flexibility index (Phi) is 22.5. The lowest BCUT2D eigenvalue weighted by molar-refractivity contribution is -0.151. The number of carbonyl (C=O) groups excluding carboxylic acids is 2. The summed E-state index contributed by atoms with van der Waals surface area (Å²) < 4.78 is 15.8. The van der Waals surface area contributed by atoms with Gasteiger partial charge >= 0.3 is 23.9 Å². The van der Waals surface area contributed by atoms with Gasteiger partial charge in [-0.1, -0.05) is 62.7 Å². The van der Waals surface area contributed by atoms with Crippen LogP contribution in [-0.4, -0.2) is 125 Å². The second-order valence-electron chi connectivity index (χ2n) is 14.5. The van der Waals surface area contributed by atoms with E-state index in [1.54, 1.807) is 25.9 Å². The quantitative estimate of drug-likeness (QED) is 0.0986. The Morgan fingerprint density at radius 3 is 2.07 bits per heavy atom. The molecule has 15 heteroatoms. The fourth-order valence-electron chi connectivity index (χ4n) is 6.70. The number of benzene rings is 2. The molecular weight excluding hydrogens is 738 g/mol. The van der Waals surface area contributed by atoms with Crippen molar-refractivity contribution in [1.82, 2.24) is 15.5 Å². The highest BCUT2D eigenvalue weighted by atomic mass is 16.5. The molecule has 1 amide bonds. The van der Waals surface area contributed by atoms with E-state index < -0.39 is 42.1 Å². The number of carboxylic acids is 3. The minimum absolute atomic E-state index is 0.00629. The number of rotatable bonds is 21. The number of aliphatic hydroxyl groups excluding tert-OH is 1. The summed E-state index contributed by atoms with van der Waals surface area (Å²) >= 11 is 0. The van der Waals surface area contributed by atoms with Crippen LogP contribution in [0.3, 0.4) is 0 Å². The first-order valence-electron chi connectivity index (χ1n) is 19.7. The van der Waals surface area contributed by atoms with Gasteiger partial charge in [0.05, 0.1) is 32.1 Å². The second-order valence-corrected chi connectivity index (χ2v) is 14.5. The molecule has 0 spiro atoms. The van der Waals surface area contributed by atoms with Gasteiger partial charge in [0.15, 0.2) is 0 Å². The van der Waals surface area contributed by atoms with E-state index in [4.69, 9.17) is 24.4 Å². The van der Waals surface area contributed by atoms with Gasteiger partial charge in [-0.2, -0.15) is 0 Å². The number of aliphatic hydroxyl groups is 1. The maximum Gasteiger partial charge on any atom is 0.326 e. The van der Waals surface area contributed by atoms with Gasteiger partial charge in [-0.25, -0.2) is 4.79 Å². The smallest absolute Gasteiger partial charge is 0.326 e. The summed E-state index contributed by atoms with van der Waals surface area (Å²) in [5, 5.41) is 41.5. The van der Waals surface area contributed by atoms with E-state index in [1.165, 1.54) is 5.56 Å². The first kappa shape index (κ1) is 48.6. The Bertz CT molecular complexity index is 1490. The summed E-state index contributed by atoms with van der Waals surface area (Å²) in [5.41, 5.74) is 2.32. The summed E-state index contributed by atoms with van der Waals surface area (Å²) in [5.74, 6) is -2.68. The van der Waals surface area contributed by atoms with Crippen molar-refractivity contribution in [3.8, 4) is 5.75 Å². The number of hydrogen-bond acceptors (Lipinski definition) is 11. The zero-order valence-electron chi connectivity index (χ0n) is 33.9. The highest BCUT2D eigenvalue weighted by molar-refractivity contribution is 5.88. The Balaban J connectivity index is 0.000000353. The van der Waals surface area contributed by atoms with Gasteiger partial charge in [0.25, 0.3) is 0 Å². The zero-order chi connectivity index (χ0) is 42.3. The third-order valence-electron chi connectivity index (χ3n) is 9.61. The SMILES string of the molecule is CCOC(=O)[C@H](CCc1ccccc1)N[C@@H](C)C(=O)N1[C@H](C(=O)O)C[C@@H]2CCC[C@@H]21.COCCc1ccc(OCC(O)CNC(C)C)cc1.O=C(O)CCC(=O)O. The Hall–Kier alpha value is -4.57. The van der Waals surface area contributed by atoms with Gasteiger partial charge in [0.1, 0.15) is 30.5 Å². The van der Waals surface area contributed by atoms with Crippen molar-refractivity contribution in [3.05, 3.63) is 65.7 Å². The second kappa shape index (κ2) is 26.4. The highest BCUT2D eigenvalue weighted by Gasteiger charge is 2.49. The van der Waals surface area contributed by atoms with Crippen LogP contribution < -0.4 is 15.4 Å². The molecule has 2 fully saturated rings. The third kappa shape index (κ3) is 18.5. The number of carboxylic acid groups (broad SMARTS) is 3. The lowest BCUT2D eigenvalue weighted by Crippen LogP contribution is -2.55. The average molecular weight is 802 g/mol. The number of methoxy groups -OCH3 is 1. The number of nitrogens with one attached hydrogen (secondary N) is 2. The molecule has 0 radical (unpaired) electrons. The molecule has 57 heavy (non-hydrogen) atoms. The van der Waals surface area contributed by atoms with Crippen molar-refractivity contribution >= 4 is 29.8 Å². The molecule has 0 aromatic heterocycles. The number of amides is 1. The van der Waals surface area contributed by atoms with Crippen LogP contribution in [-0.2, 0) is 46.3 Å². The number of ether oxygens (including phenoxy) is 3. The molecule has 0 bridgehead atoms. The monoisotopic (exact) mass is 801 g/mol. The van der Waals surface area contributed by atoms with E-state index in [1.807, 2.05) is 68.4 Å². The van der Waals surface area contributed by atoms with Crippen LogP contribution in [0.15, 0.2) is 54.6 Å². The summed E-state index contributed by atoms with van der Waals surface area (Å²) in [7, 11) is 1.70. The van der Waals surface area contributed by atoms with Crippen LogP contribution in [0.1, 0.15) is 83.8 Å². The normalized spacial score (nSPS) is 18.5. The lowest BCUT2D eigenvalue weighted by atomic mass is 10.0. The zero-order valence-corrected chi connectivity index (χ0v) is 33.9. The molecule has 6 N–H and O–H groups in total. The molecule has 1 saturated carbocycles. The van der Waals surface area contributed by atoms with E-state index in [0.29, 0.717) is 38.5 Å². The summed E-state index contributed by atoms with van der Waals surface area (Å²) in [6, 6.07) is 16.0. The molecule has 15 nitrogen and oxygen atoms in total. The van der Waals surface area contributed by atoms with Crippen molar-refractivity contribution in [2.75, 3.05) is 33.5 Å². The number of likely N-dealkylation sites (tertiary alicyclic amines) is 1. The number of nitrogens with zero attached hydrogens (tertiary/aromatic N) is 1. The van der Waals surface area contributed by atoms with Gasteiger partial charge in [0, 0.05) is 25.7 Å². The molecule has 6 atom stereocenters. The summed E-state index contributed by atoms with van der Waals surface area (Å²) in [6.07, 6.45) is 4.35. The molecule has 1 saturated heterocycles. The van der Waals surface area contributed by atoms with Crippen molar-refractivity contribution < 1.29 is 58.6 Å². The number of hydrogen-bond donors (Lipinski definition) is 6. The van der Waals surface area contributed by atoms with Crippen molar-refractivity contribution in [1.29, 1.82) is 0 Å². The van der Waals surface area contributed by atoms with Crippen LogP contribution in [0.5, 0.6) is 5.75 Å². The molecular formula is C42H63N3O12. The van der Waals surface area contributed by atoms with Crippen LogP contribution >= 0.6 is 0 Å². The van der Waals surface area contributed by atoms with Gasteiger partial charge in [-0.15, -0.1) is 0 Å². The van der Waals surface area contributed by atoms with Crippen LogP contribution in [0.2, 0.25) is 0 Å². The number of esters is 1. The van der Waals surface area contributed by atoms with E-state index in [-0.39, 0.29) is 43.3 Å². The molecule has 1 unspecified atom stereocenters. The summed E-state index contributed by atoms with van der Waals surface area (Å²) in [4.78, 5) is 58.3. The van der Waals surface area contributed by atoms with Crippen LogP contribution in [0.4, 0.5) is 0 Å². The van der Waals surface area contributed by atoms with Crippen LogP contribution in [0, 0.1) is 5.92 Å². The van der Waals surface area contributed by atoms with E-state index in [9.17, 15) is 34.2 Å². The molecule has 4 rings (SSSR count). The van der Waals surface area contributed by atoms with Gasteiger partial charge in [0.2, 0.25) is 5.91 Å². The maximum atomic E-state index is 13.2. The number of aryl methyl sites for hydroxylation is 1. The first-order valence-corrected chi connectivity index (χ1v) is 19.7. The van der Waals surface area contributed by atoms with E-state index >= 15 is 0 Å². The van der Waals surface area contributed by atoms with E-state index in [0.717, 1.165) is 43.6 Å². The van der Waals surface area contributed by atoms with Crippen molar-refractivity contribution in [2.24, 2.45) is 5.92 Å². The third-order valence-corrected chi connectivity index (χ3v) is 9.61. The largest absolute Gasteiger partial charge is 0.491 e. The highest BCUT2D eigenvalue weighted by Crippen LogP contribution is 2.41. The fraction of sp³-hybridized carbons (Fsp3) is 0.595. The fourth-order valence-corrected chi connectivity index (χ4v) is 6.70. The minimum Gasteiger partial charge on any atom is -0.491 e. The van der Waals surface area contributed by atoms with Crippen molar-refractivity contribution in [3.63, 3.8) is 0 Å². The van der Waals surface area contributed by atoms with Crippen LogP contribution in [0.25, 0.3) is 0 Å². The molecule has 2 aromatic rings. The van der Waals surface area contributed by atoms with Gasteiger partial charge in [-0.05, 0) is 81.5 Å². The molecule has 1 aliphatic carbocycles. The number of aliphatic carboxylic acids is 3. The molecule has 2 aromatic carbocycles. The lowest BCUT2D eigenvalue weighted by Gasteiger charge is -2.31. The number of fused-ring (bicyclic) bond motifs is 1. The van der Waals surface area contributed by atoms with Gasteiger partial charge < -0.3 is 44.9 Å². The standard InChI is InChI=1S/C23H32N2O5.C15H25NO3.C4H6O4/c1-3-30-23(29)18(13-12-16-8-5-4-6-9-16)24-15(2)21(26)25-19-11-7-10-17(19)14-20(25)22(27)28;1-12(2)16-10-14(17)11-19-15-6-4-13(5-7-15)8-9-18-3;5-3(6)1-2-4(7)8/h4-6,8-9,15,17-20,24H,3,7,10-14H2,1-2H3,(H,27,28);4-7,12,14,16-17H,8-11H2,1-3H3;1-2H2,(H,5,6)(H,7,8)/t15-,17-,18-,19-,20-;;/m0../s1. The molecule has 318 valence electrons.